The van der Waals surface area contributed by atoms with Gasteiger partial charge in [0.25, 0.3) is 5.91 Å². The van der Waals surface area contributed by atoms with Crippen LogP contribution >= 0.6 is 0 Å². The number of carbonyl (C=O) groups is 1. The molecule has 0 saturated heterocycles. The van der Waals surface area contributed by atoms with Crippen LogP contribution < -0.4 is 10.2 Å². The number of aromatic nitrogens is 1. The number of hydrogen-bond donors (Lipinski definition) is 1. The van der Waals surface area contributed by atoms with E-state index in [2.05, 4.69) is 24.1 Å². The largest absolute Gasteiger partial charge is 0.384 e. The molecule has 0 aliphatic carbocycles. The van der Waals surface area contributed by atoms with Gasteiger partial charge in [-0.05, 0) is 56.0 Å². The number of aryl methyl sites for hydroxylation is 1. The van der Waals surface area contributed by atoms with E-state index in [4.69, 9.17) is 0 Å². The summed E-state index contributed by atoms with van der Waals surface area (Å²) in [6.07, 6.45) is 2.84. The molecule has 1 heterocycles. The number of nitrogens with zero attached hydrogens (tertiary/aromatic N) is 2. The SMILES string of the molecule is CCN(C(=O)c1ccc(NCCC(C)C)cn1)c1cccc(C)c1. The van der Waals surface area contributed by atoms with Gasteiger partial charge in [-0.1, -0.05) is 26.0 Å². The lowest BCUT2D eigenvalue weighted by molar-refractivity contribution is 0.0983. The lowest BCUT2D eigenvalue weighted by Gasteiger charge is -2.21. The van der Waals surface area contributed by atoms with Crippen molar-refractivity contribution in [1.29, 1.82) is 0 Å². The number of anilines is 2. The molecule has 0 aliphatic heterocycles. The third-order valence-corrected chi connectivity index (χ3v) is 3.91. The number of benzene rings is 1. The van der Waals surface area contributed by atoms with E-state index in [1.807, 2.05) is 44.2 Å². The number of hydrogen-bond acceptors (Lipinski definition) is 3. The first-order valence-corrected chi connectivity index (χ1v) is 8.59. The van der Waals surface area contributed by atoms with Gasteiger partial charge in [-0.15, -0.1) is 0 Å². The highest BCUT2D eigenvalue weighted by atomic mass is 16.2. The van der Waals surface area contributed by atoms with Crippen LogP contribution in [0, 0.1) is 12.8 Å². The Morgan fingerprint density at radius 1 is 1.25 bits per heavy atom. The van der Waals surface area contributed by atoms with E-state index in [9.17, 15) is 4.79 Å². The summed E-state index contributed by atoms with van der Waals surface area (Å²) in [4.78, 5) is 18.8. The molecule has 0 atom stereocenters. The Labute approximate surface area is 144 Å². The van der Waals surface area contributed by atoms with E-state index in [-0.39, 0.29) is 5.91 Å². The summed E-state index contributed by atoms with van der Waals surface area (Å²) in [5.41, 5.74) is 3.46. The normalized spacial score (nSPS) is 10.7. The van der Waals surface area contributed by atoms with Crippen LogP contribution in [0.2, 0.25) is 0 Å². The summed E-state index contributed by atoms with van der Waals surface area (Å²) in [6, 6.07) is 11.7. The van der Waals surface area contributed by atoms with Crippen LogP contribution in [0.5, 0.6) is 0 Å². The van der Waals surface area contributed by atoms with Gasteiger partial charge >= 0.3 is 0 Å². The molecule has 1 aromatic heterocycles. The Kier molecular flexibility index (Phi) is 6.36. The molecule has 0 spiro atoms. The third-order valence-electron chi connectivity index (χ3n) is 3.91. The van der Waals surface area contributed by atoms with Gasteiger partial charge in [0.2, 0.25) is 0 Å². The van der Waals surface area contributed by atoms with Crippen LogP contribution in [-0.4, -0.2) is 24.0 Å². The molecule has 1 N–H and O–H groups in total. The standard InChI is InChI=1S/C20H27N3O/c1-5-23(18-8-6-7-16(4)13-18)20(24)19-10-9-17(14-22-19)21-12-11-15(2)3/h6-10,13-15,21H,5,11-12H2,1-4H3. The van der Waals surface area contributed by atoms with Crippen LogP contribution in [0.25, 0.3) is 0 Å². The first-order valence-electron chi connectivity index (χ1n) is 8.59. The van der Waals surface area contributed by atoms with Crippen molar-refractivity contribution in [3.63, 3.8) is 0 Å². The minimum atomic E-state index is -0.0724. The van der Waals surface area contributed by atoms with Crippen LogP contribution in [0.15, 0.2) is 42.6 Å². The molecule has 0 bridgehead atoms. The molecular formula is C20H27N3O. The highest BCUT2D eigenvalue weighted by Gasteiger charge is 2.17. The molecule has 2 rings (SSSR count). The molecule has 4 nitrogen and oxygen atoms in total. The fourth-order valence-electron chi connectivity index (χ4n) is 2.51. The maximum atomic E-state index is 12.7. The Bertz CT molecular complexity index is 665. The second-order valence-electron chi connectivity index (χ2n) is 6.43. The molecule has 0 fully saturated rings. The van der Waals surface area contributed by atoms with Crippen molar-refractivity contribution >= 4 is 17.3 Å². The highest BCUT2D eigenvalue weighted by Crippen LogP contribution is 2.18. The van der Waals surface area contributed by atoms with E-state index in [1.54, 1.807) is 17.2 Å². The van der Waals surface area contributed by atoms with Crippen molar-refractivity contribution in [2.45, 2.75) is 34.1 Å². The number of amides is 1. The number of rotatable bonds is 7. The van der Waals surface area contributed by atoms with Crippen molar-refractivity contribution < 1.29 is 4.79 Å². The smallest absolute Gasteiger partial charge is 0.276 e. The third kappa shape index (κ3) is 4.82. The summed E-state index contributed by atoms with van der Waals surface area (Å²) in [5.74, 6) is 0.593. The Balaban J connectivity index is 2.08. The predicted octanol–water partition coefficient (Wildman–Crippen LogP) is 4.51. The Morgan fingerprint density at radius 2 is 2.04 bits per heavy atom. The highest BCUT2D eigenvalue weighted by molar-refractivity contribution is 6.04. The fourth-order valence-corrected chi connectivity index (χ4v) is 2.51. The first-order chi connectivity index (χ1) is 11.5. The number of nitrogens with one attached hydrogen (secondary N) is 1. The van der Waals surface area contributed by atoms with E-state index < -0.39 is 0 Å². The summed E-state index contributed by atoms with van der Waals surface area (Å²) < 4.78 is 0. The maximum Gasteiger partial charge on any atom is 0.276 e. The first kappa shape index (κ1) is 18.0. The average molecular weight is 325 g/mol. The van der Waals surface area contributed by atoms with Gasteiger partial charge in [0.15, 0.2) is 0 Å². The molecule has 2 aromatic rings. The molecule has 0 unspecified atom stereocenters. The van der Waals surface area contributed by atoms with Crippen LogP contribution in [0.1, 0.15) is 43.2 Å². The minimum absolute atomic E-state index is 0.0724. The summed E-state index contributed by atoms with van der Waals surface area (Å²) in [6.45, 7) is 9.92. The van der Waals surface area contributed by atoms with Crippen LogP contribution in [-0.2, 0) is 0 Å². The van der Waals surface area contributed by atoms with Crippen molar-refractivity contribution in [1.82, 2.24) is 4.98 Å². The van der Waals surface area contributed by atoms with Gasteiger partial charge in [-0.25, -0.2) is 4.98 Å². The van der Waals surface area contributed by atoms with Gasteiger partial charge in [0.1, 0.15) is 5.69 Å². The summed E-state index contributed by atoms with van der Waals surface area (Å²) in [5, 5.41) is 3.34. The van der Waals surface area contributed by atoms with Crippen molar-refractivity contribution in [3.8, 4) is 0 Å². The van der Waals surface area contributed by atoms with E-state index in [0.717, 1.165) is 29.9 Å². The minimum Gasteiger partial charge on any atom is -0.384 e. The van der Waals surface area contributed by atoms with E-state index >= 15 is 0 Å². The number of pyridine rings is 1. The van der Waals surface area contributed by atoms with Gasteiger partial charge in [0, 0.05) is 18.8 Å². The van der Waals surface area contributed by atoms with Crippen molar-refractivity contribution in [2.75, 3.05) is 23.3 Å². The molecule has 1 amide bonds. The van der Waals surface area contributed by atoms with Gasteiger partial charge in [-0.2, -0.15) is 0 Å². The monoisotopic (exact) mass is 325 g/mol. The van der Waals surface area contributed by atoms with Crippen LogP contribution in [0.4, 0.5) is 11.4 Å². The lowest BCUT2D eigenvalue weighted by Crippen LogP contribution is -2.31. The Hall–Kier alpha value is -2.36. The van der Waals surface area contributed by atoms with Crippen molar-refractivity contribution in [3.05, 3.63) is 53.9 Å². The molecule has 0 saturated carbocycles. The second-order valence-corrected chi connectivity index (χ2v) is 6.43. The zero-order chi connectivity index (χ0) is 17.5. The molecule has 0 radical (unpaired) electrons. The summed E-state index contributed by atoms with van der Waals surface area (Å²) >= 11 is 0. The maximum absolute atomic E-state index is 12.7. The summed E-state index contributed by atoms with van der Waals surface area (Å²) in [7, 11) is 0. The Morgan fingerprint density at radius 3 is 2.62 bits per heavy atom. The van der Waals surface area contributed by atoms with Gasteiger partial charge < -0.3 is 10.2 Å². The molecule has 128 valence electrons. The molecule has 1 aromatic carbocycles. The zero-order valence-electron chi connectivity index (χ0n) is 15.0. The molecule has 24 heavy (non-hydrogen) atoms. The second kappa shape index (κ2) is 8.48. The van der Waals surface area contributed by atoms with Crippen molar-refractivity contribution in [2.24, 2.45) is 5.92 Å². The lowest BCUT2D eigenvalue weighted by atomic mass is 10.1. The molecular weight excluding hydrogens is 298 g/mol. The zero-order valence-corrected chi connectivity index (χ0v) is 15.0. The van der Waals surface area contributed by atoms with Gasteiger partial charge in [0.05, 0.1) is 11.9 Å². The average Bonchev–Trinajstić information content (AvgIpc) is 2.56. The molecule has 4 heteroatoms. The number of carbonyl (C=O) groups excluding carboxylic acids is 1. The fraction of sp³-hybridized carbons (Fsp3) is 0.400. The van der Waals surface area contributed by atoms with Gasteiger partial charge in [-0.3, -0.25) is 4.79 Å². The van der Waals surface area contributed by atoms with E-state index in [1.165, 1.54) is 0 Å². The van der Waals surface area contributed by atoms with Crippen LogP contribution in [0.3, 0.4) is 0 Å². The quantitative estimate of drug-likeness (QED) is 0.814. The van der Waals surface area contributed by atoms with E-state index in [0.29, 0.717) is 18.2 Å². The topological polar surface area (TPSA) is 45.2 Å². The predicted molar refractivity (Wildman–Crippen MR) is 101 cm³/mol. The molecule has 0 aliphatic rings.